The maximum Gasteiger partial charge on any atom is 0.239 e. The van der Waals surface area contributed by atoms with Crippen LogP contribution in [-0.4, -0.2) is 16.5 Å². The van der Waals surface area contributed by atoms with Gasteiger partial charge in [-0.3, -0.25) is 5.43 Å². The molecule has 0 atom stereocenters. The lowest BCUT2D eigenvalue weighted by atomic mass is 10.1. The Kier molecular flexibility index (Phi) is 4.63. The first-order chi connectivity index (χ1) is 9.29. The Morgan fingerprint density at radius 3 is 2.74 bits per heavy atom. The molecule has 1 aromatic carbocycles. The second kappa shape index (κ2) is 6.65. The summed E-state index contributed by atoms with van der Waals surface area (Å²) in [5.41, 5.74) is 3.54. The third-order valence-corrected chi connectivity index (χ3v) is 2.65. The minimum absolute atomic E-state index is 0.163. The molecule has 0 aliphatic heterocycles. The van der Waals surface area contributed by atoms with Crippen molar-refractivity contribution in [1.82, 2.24) is 9.97 Å². The molecule has 0 aliphatic rings. The molecule has 0 spiro atoms. The van der Waals surface area contributed by atoms with Gasteiger partial charge in [0.05, 0.1) is 6.20 Å². The Bertz CT molecular complexity index is 518. The standard InChI is InChI=1S/C13H16FN5/c14-11-9-17-13(19-15)18-12(11)16-8-4-7-10-5-2-1-3-6-10/h1-3,5-6,9H,4,7-8,15H2,(H2,16,17,18,19). The molecule has 1 heterocycles. The third-order valence-electron chi connectivity index (χ3n) is 2.65. The van der Waals surface area contributed by atoms with Crippen molar-refractivity contribution in [2.24, 2.45) is 5.84 Å². The van der Waals surface area contributed by atoms with Crippen molar-refractivity contribution in [3.05, 3.63) is 47.9 Å². The zero-order chi connectivity index (χ0) is 13.5. The number of nitrogens with one attached hydrogen (secondary N) is 2. The van der Waals surface area contributed by atoms with E-state index in [9.17, 15) is 4.39 Å². The Labute approximate surface area is 111 Å². The number of rotatable bonds is 6. The van der Waals surface area contributed by atoms with Crippen molar-refractivity contribution in [1.29, 1.82) is 0 Å². The maximum atomic E-state index is 13.4. The first-order valence-corrected chi connectivity index (χ1v) is 6.06. The van der Waals surface area contributed by atoms with E-state index in [4.69, 9.17) is 5.84 Å². The molecule has 0 amide bonds. The van der Waals surface area contributed by atoms with E-state index < -0.39 is 5.82 Å². The van der Waals surface area contributed by atoms with Gasteiger partial charge in [-0.05, 0) is 18.4 Å². The lowest BCUT2D eigenvalue weighted by molar-refractivity contribution is 0.616. The minimum Gasteiger partial charge on any atom is -0.367 e. The molecule has 0 radical (unpaired) electrons. The van der Waals surface area contributed by atoms with Gasteiger partial charge in [-0.2, -0.15) is 4.98 Å². The number of aromatic nitrogens is 2. The van der Waals surface area contributed by atoms with Crippen LogP contribution in [0.3, 0.4) is 0 Å². The number of hydrogen-bond donors (Lipinski definition) is 3. The number of anilines is 2. The molecule has 4 N–H and O–H groups in total. The van der Waals surface area contributed by atoms with Gasteiger partial charge in [0, 0.05) is 6.54 Å². The van der Waals surface area contributed by atoms with Crippen LogP contribution in [0.4, 0.5) is 16.2 Å². The van der Waals surface area contributed by atoms with Crippen molar-refractivity contribution in [3.8, 4) is 0 Å². The molecule has 0 aliphatic carbocycles. The van der Waals surface area contributed by atoms with Crippen molar-refractivity contribution in [3.63, 3.8) is 0 Å². The van der Waals surface area contributed by atoms with Gasteiger partial charge in [0.15, 0.2) is 11.6 Å². The van der Waals surface area contributed by atoms with Gasteiger partial charge >= 0.3 is 0 Å². The number of hydrogen-bond acceptors (Lipinski definition) is 5. The summed E-state index contributed by atoms with van der Waals surface area (Å²) in [6.07, 6.45) is 2.91. The van der Waals surface area contributed by atoms with Gasteiger partial charge < -0.3 is 5.32 Å². The van der Waals surface area contributed by atoms with Crippen LogP contribution < -0.4 is 16.6 Å². The Balaban J connectivity index is 1.82. The van der Waals surface area contributed by atoms with Crippen LogP contribution in [0.1, 0.15) is 12.0 Å². The van der Waals surface area contributed by atoms with E-state index in [0.717, 1.165) is 19.0 Å². The summed E-state index contributed by atoms with van der Waals surface area (Å²) in [5.74, 6) is 5.04. The normalized spacial score (nSPS) is 10.2. The predicted octanol–water partition coefficient (Wildman–Crippen LogP) is 1.95. The monoisotopic (exact) mass is 261 g/mol. The first-order valence-electron chi connectivity index (χ1n) is 6.06. The highest BCUT2D eigenvalue weighted by Gasteiger charge is 2.05. The number of benzene rings is 1. The number of nitrogens with two attached hydrogens (primary N) is 1. The number of hydrazine groups is 1. The predicted molar refractivity (Wildman–Crippen MR) is 73.1 cm³/mol. The lowest BCUT2D eigenvalue weighted by Crippen LogP contribution is -2.13. The van der Waals surface area contributed by atoms with E-state index >= 15 is 0 Å². The summed E-state index contributed by atoms with van der Waals surface area (Å²) in [6.45, 7) is 0.632. The second-order valence-electron chi connectivity index (χ2n) is 4.05. The number of aryl methyl sites for hydroxylation is 1. The first kappa shape index (κ1) is 13.2. The van der Waals surface area contributed by atoms with Crippen LogP contribution in [-0.2, 0) is 6.42 Å². The van der Waals surface area contributed by atoms with E-state index in [-0.39, 0.29) is 11.8 Å². The van der Waals surface area contributed by atoms with E-state index in [0.29, 0.717) is 6.54 Å². The van der Waals surface area contributed by atoms with Crippen LogP contribution in [0.25, 0.3) is 0 Å². The Morgan fingerprint density at radius 1 is 1.21 bits per heavy atom. The summed E-state index contributed by atoms with van der Waals surface area (Å²) in [6, 6.07) is 10.1. The molecule has 6 heteroatoms. The van der Waals surface area contributed by atoms with Gasteiger partial charge in [0.1, 0.15) is 0 Å². The Hall–Kier alpha value is -2.21. The zero-order valence-electron chi connectivity index (χ0n) is 10.4. The molecule has 0 fully saturated rings. The molecular weight excluding hydrogens is 245 g/mol. The molecule has 0 unspecified atom stereocenters. The average Bonchev–Trinajstić information content (AvgIpc) is 2.46. The van der Waals surface area contributed by atoms with Crippen molar-refractivity contribution < 1.29 is 4.39 Å². The van der Waals surface area contributed by atoms with E-state index in [1.54, 1.807) is 0 Å². The highest BCUT2D eigenvalue weighted by Crippen LogP contribution is 2.11. The largest absolute Gasteiger partial charge is 0.367 e. The van der Waals surface area contributed by atoms with Crippen molar-refractivity contribution >= 4 is 11.8 Å². The second-order valence-corrected chi connectivity index (χ2v) is 4.05. The van der Waals surface area contributed by atoms with Gasteiger partial charge in [-0.25, -0.2) is 15.2 Å². The van der Waals surface area contributed by atoms with E-state index in [2.05, 4.69) is 32.8 Å². The Morgan fingerprint density at radius 2 is 2.00 bits per heavy atom. The molecule has 1 aromatic heterocycles. The molecule has 5 nitrogen and oxygen atoms in total. The number of halogens is 1. The molecular formula is C13H16FN5. The fourth-order valence-electron chi connectivity index (χ4n) is 1.70. The molecule has 100 valence electrons. The fraction of sp³-hybridized carbons (Fsp3) is 0.231. The molecule has 2 rings (SSSR count). The summed E-state index contributed by atoms with van der Waals surface area (Å²) in [4.78, 5) is 7.57. The third kappa shape index (κ3) is 3.89. The van der Waals surface area contributed by atoms with Gasteiger partial charge in [0.2, 0.25) is 5.95 Å². The van der Waals surface area contributed by atoms with Crippen LogP contribution in [0.15, 0.2) is 36.5 Å². The highest BCUT2D eigenvalue weighted by atomic mass is 19.1. The van der Waals surface area contributed by atoms with Crippen LogP contribution >= 0.6 is 0 Å². The summed E-state index contributed by atoms with van der Waals surface area (Å²) >= 11 is 0. The van der Waals surface area contributed by atoms with Crippen LogP contribution in [0.5, 0.6) is 0 Å². The minimum atomic E-state index is -0.487. The molecule has 19 heavy (non-hydrogen) atoms. The van der Waals surface area contributed by atoms with Gasteiger partial charge in [-0.15, -0.1) is 0 Å². The zero-order valence-corrected chi connectivity index (χ0v) is 10.4. The number of nitrogens with zero attached hydrogens (tertiary/aromatic N) is 2. The average molecular weight is 261 g/mol. The van der Waals surface area contributed by atoms with E-state index in [1.807, 2.05) is 18.2 Å². The van der Waals surface area contributed by atoms with Crippen LogP contribution in [0.2, 0.25) is 0 Å². The van der Waals surface area contributed by atoms with Gasteiger partial charge in [0.25, 0.3) is 0 Å². The smallest absolute Gasteiger partial charge is 0.239 e. The highest BCUT2D eigenvalue weighted by molar-refractivity contribution is 5.40. The van der Waals surface area contributed by atoms with Crippen molar-refractivity contribution in [2.75, 3.05) is 17.3 Å². The van der Waals surface area contributed by atoms with Crippen LogP contribution in [0, 0.1) is 5.82 Å². The topological polar surface area (TPSA) is 75.9 Å². The number of nitrogen functional groups attached to an aromatic ring is 1. The maximum absolute atomic E-state index is 13.4. The summed E-state index contributed by atoms with van der Waals surface area (Å²) in [5, 5.41) is 2.94. The molecule has 0 saturated carbocycles. The molecule has 0 bridgehead atoms. The molecule has 2 aromatic rings. The quantitative estimate of drug-likeness (QED) is 0.421. The van der Waals surface area contributed by atoms with Gasteiger partial charge in [-0.1, -0.05) is 30.3 Å². The van der Waals surface area contributed by atoms with E-state index in [1.165, 1.54) is 5.56 Å². The van der Waals surface area contributed by atoms with Crippen molar-refractivity contribution in [2.45, 2.75) is 12.8 Å². The SMILES string of the molecule is NNc1ncc(F)c(NCCCc2ccccc2)n1. The lowest BCUT2D eigenvalue weighted by Gasteiger charge is -2.07. The summed E-state index contributed by atoms with van der Waals surface area (Å²) in [7, 11) is 0. The summed E-state index contributed by atoms with van der Waals surface area (Å²) < 4.78 is 13.4. The fourth-order valence-corrected chi connectivity index (χ4v) is 1.70. The molecule has 0 saturated heterocycles.